The first-order chi connectivity index (χ1) is 8.33. The summed E-state index contributed by atoms with van der Waals surface area (Å²) in [7, 11) is 0. The van der Waals surface area contributed by atoms with Crippen molar-refractivity contribution in [2.75, 3.05) is 32.7 Å². The van der Waals surface area contributed by atoms with Gasteiger partial charge in [0.15, 0.2) is 5.76 Å². The molecule has 2 fully saturated rings. The number of fused-ring (bicyclic) bond motifs is 1. The molecule has 0 aromatic carbocycles. The lowest BCUT2D eigenvalue weighted by Gasteiger charge is -2.36. The normalized spacial score (nSPS) is 26.0. The highest BCUT2D eigenvalue weighted by Gasteiger charge is 2.31. The molecule has 1 unspecified atom stereocenters. The van der Waals surface area contributed by atoms with Crippen LogP contribution in [-0.2, 0) is 0 Å². The molecule has 0 aliphatic carbocycles. The lowest BCUT2D eigenvalue weighted by atomic mass is 10.1. The minimum atomic E-state index is 0.0986. The number of hydrogen-bond acceptors (Lipinski definition) is 4. The van der Waals surface area contributed by atoms with E-state index >= 15 is 0 Å². The second-order valence-corrected chi connectivity index (χ2v) is 4.97. The molecule has 1 atom stereocenters. The second kappa shape index (κ2) is 4.63. The van der Waals surface area contributed by atoms with Crippen LogP contribution in [0.2, 0.25) is 0 Å². The molecule has 4 heteroatoms. The topological polar surface area (TPSA) is 36.7 Å². The zero-order valence-corrected chi connectivity index (χ0v) is 9.97. The number of carbonyl (C=O) groups excluding carboxylic acids is 1. The summed E-state index contributed by atoms with van der Waals surface area (Å²) >= 11 is 0. The quantitative estimate of drug-likeness (QED) is 0.737. The van der Waals surface area contributed by atoms with Gasteiger partial charge in [-0.1, -0.05) is 0 Å². The third-order valence-electron chi connectivity index (χ3n) is 3.83. The summed E-state index contributed by atoms with van der Waals surface area (Å²) in [4.78, 5) is 16.7. The summed E-state index contributed by atoms with van der Waals surface area (Å²) in [5.74, 6) is 0.584. The summed E-state index contributed by atoms with van der Waals surface area (Å²) in [5, 5.41) is 0. The van der Waals surface area contributed by atoms with Gasteiger partial charge < -0.3 is 4.42 Å². The Kier molecular flexibility index (Phi) is 2.99. The fraction of sp³-hybridized carbons (Fsp3) is 0.615. The number of rotatable bonds is 3. The van der Waals surface area contributed by atoms with Crippen molar-refractivity contribution in [2.24, 2.45) is 0 Å². The smallest absolute Gasteiger partial charge is 0.211 e. The van der Waals surface area contributed by atoms with E-state index in [4.69, 9.17) is 4.42 Å². The Morgan fingerprint density at radius 1 is 1.41 bits per heavy atom. The third kappa shape index (κ3) is 2.28. The van der Waals surface area contributed by atoms with Crippen molar-refractivity contribution < 1.29 is 9.21 Å². The molecule has 2 aliphatic rings. The highest BCUT2D eigenvalue weighted by atomic mass is 16.3. The van der Waals surface area contributed by atoms with Crippen molar-refractivity contribution in [3.63, 3.8) is 0 Å². The Morgan fingerprint density at radius 2 is 2.35 bits per heavy atom. The van der Waals surface area contributed by atoms with Crippen molar-refractivity contribution >= 4 is 5.78 Å². The van der Waals surface area contributed by atoms with Gasteiger partial charge in [0.25, 0.3) is 0 Å². The fourth-order valence-corrected chi connectivity index (χ4v) is 2.92. The number of furan rings is 1. The molecule has 0 spiro atoms. The first-order valence-corrected chi connectivity index (χ1v) is 6.36. The molecule has 17 heavy (non-hydrogen) atoms. The minimum absolute atomic E-state index is 0.0986. The summed E-state index contributed by atoms with van der Waals surface area (Å²) < 4.78 is 5.14. The highest BCUT2D eigenvalue weighted by Crippen LogP contribution is 2.21. The second-order valence-electron chi connectivity index (χ2n) is 4.97. The van der Waals surface area contributed by atoms with Crippen LogP contribution < -0.4 is 0 Å². The Balaban J connectivity index is 1.57. The van der Waals surface area contributed by atoms with Gasteiger partial charge in [-0.15, -0.1) is 0 Å². The van der Waals surface area contributed by atoms with Gasteiger partial charge in [-0.3, -0.25) is 14.6 Å². The van der Waals surface area contributed by atoms with Gasteiger partial charge in [0.1, 0.15) is 0 Å². The maximum absolute atomic E-state index is 11.9. The summed E-state index contributed by atoms with van der Waals surface area (Å²) in [6.07, 6.45) is 4.15. The molecular formula is C13H18N2O2. The standard InChI is InChI=1S/C13H18N2O2/c16-12(13-4-2-8-17-13)10-14-6-7-15-5-1-3-11(15)9-14/h2,4,8,11H,1,3,5-7,9-10H2. The van der Waals surface area contributed by atoms with Crippen molar-refractivity contribution in [3.8, 4) is 0 Å². The number of hydrogen-bond donors (Lipinski definition) is 0. The van der Waals surface area contributed by atoms with Crippen LogP contribution in [0, 0.1) is 0 Å². The molecule has 2 aliphatic heterocycles. The Labute approximate surface area is 101 Å². The van der Waals surface area contributed by atoms with Gasteiger partial charge in [-0.25, -0.2) is 0 Å². The van der Waals surface area contributed by atoms with Crippen molar-refractivity contribution in [3.05, 3.63) is 24.2 Å². The van der Waals surface area contributed by atoms with E-state index in [1.807, 2.05) is 0 Å². The number of Topliss-reactive ketones (excluding diaryl/α,β-unsaturated/α-hetero) is 1. The number of piperazine rings is 1. The summed E-state index contributed by atoms with van der Waals surface area (Å²) in [6, 6.07) is 4.18. The van der Waals surface area contributed by atoms with Gasteiger partial charge in [-0.05, 0) is 31.5 Å². The zero-order valence-electron chi connectivity index (χ0n) is 9.97. The number of ketones is 1. The van der Waals surface area contributed by atoms with Gasteiger partial charge in [0.05, 0.1) is 12.8 Å². The van der Waals surface area contributed by atoms with Crippen LogP contribution in [0.15, 0.2) is 22.8 Å². The Hall–Kier alpha value is -1.13. The van der Waals surface area contributed by atoms with Gasteiger partial charge in [-0.2, -0.15) is 0 Å². The molecule has 1 aromatic heterocycles. The van der Waals surface area contributed by atoms with E-state index in [-0.39, 0.29) is 5.78 Å². The highest BCUT2D eigenvalue weighted by molar-refractivity contribution is 5.95. The van der Waals surface area contributed by atoms with Crippen LogP contribution >= 0.6 is 0 Å². The number of nitrogens with zero attached hydrogens (tertiary/aromatic N) is 2. The number of carbonyl (C=O) groups is 1. The predicted molar refractivity (Wildman–Crippen MR) is 64.1 cm³/mol. The molecule has 0 amide bonds. The zero-order chi connectivity index (χ0) is 11.7. The van der Waals surface area contributed by atoms with E-state index in [1.54, 1.807) is 18.4 Å². The van der Waals surface area contributed by atoms with Crippen LogP contribution in [0.4, 0.5) is 0 Å². The van der Waals surface area contributed by atoms with Gasteiger partial charge in [0, 0.05) is 25.7 Å². The average Bonchev–Trinajstić information content (AvgIpc) is 2.99. The van der Waals surface area contributed by atoms with Crippen molar-refractivity contribution in [1.82, 2.24) is 9.80 Å². The molecule has 1 aromatic rings. The maximum Gasteiger partial charge on any atom is 0.211 e. The van der Waals surface area contributed by atoms with E-state index in [1.165, 1.54) is 19.4 Å². The minimum Gasteiger partial charge on any atom is -0.461 e. The molecular weight excluding hydrogens is 216 g/mol. The Bertz CT molecular complexity index is 388. The molecule has 0 radical (unpaired) electrons. The first-order valence-electron chi connectivity index (χ1n) is 6.36. The van der Waals surface area contributed by atoms with E-state index < -0.39 is 0 Å². The largest absolute Gasteiger partial charge is 0.461 e. The monoisotopic (exact) mass is 234 g/mol. The predicted octanol–water partition coefficient (Wildman–Crippen LogP) is 1.24. The van der Waals surface area contributed by atoms with E-state index in [0.29, 0.717) is 18.3 Å². The first kappa shape index (κ1) is 11.0. The van der Waals surface area contributed by atoms with E-state index in [9.17, 15) is 4.79 Å². The molecule has 4 nitrogen and oxygen atoms in total. The van der Waals surface area contributed by atoms with Crippen LogP contribution in [0.1, 0.15) is 23.4 Å². The maximum atomic E-state index is 11.9. The van der Waals surface area contributed by atoms with Crippen molar-refractivity contribution in [2.45, 2.75) is 18.9 Å². The molecule has 0 bridgehead atoms. The van der Waals surface area contributed by atoms with Gasteiger partial charge in [0.2, 0.25) is 5.78 Å². The van der Waals surface area contributed by atoms with E-state index in [0.717, 1.165) is 19.6 Å². The molecule has 92 valence electrons. The molecule has 3 rings (SSSR count). The van der Waals surface area contributed by atoms with Crippen LogP contribution in [-0.4, -0.2) is 54.3 Å². The average molecular weight is 234 g/mol. The summed E-state index contributed by atoms with van der Waals surface area (Å²) in [5.41, 5.74) is 0. The van der Waals surface area contributed by atoms with Gasteiger partial charge >= 0.3 is 0 Å². The van der Waals surface area contributed by atoms with Crippen LogP contribution in [0.3, 0.4) is 0 Å². The van der Waals surface area contributed by atoms with Crippen LogP contribution in [0.5, 0.6) is 0 Å². The lowest BCUT2D eigenvalue weighted by Crippen LogP contribution is -2.51. The Morgan fingerprint density at radius 3 is 3.18 bits per heavy atom. The third-order valence-corrected chi connectivity index (χ3v) is 3.83. The lowest BCUT2D eigenvalue weighted by molar-refractivity contribution is 0.0762. The van der Waals surface area contributed by atoms with Crippen molar-refractivity contribution in [1.29, 1.82) is 0 Å². The molecule has 0 N–H and O–H groups in total. The SMILES string of the molecule is O=C(CN1CCN2CCCC2C1)c1ccco1. The van der Waals surface area contributed by atoms with Crippen LogP contribution in [0.25, 0.3) is 0 Å². The molecule has 2 saturated heterocycles. The summed E-state index contributed by atoms with van der Waals surface area (Å²) in [6.45, 7) is 4.88. The fourth-order valence-electron chi connectivity index (χ4n) is 2.92. The molecule has 0 saturated carbocycles. The van der Waals surface area contributed by atoms with E-state index in [2.05, 4.69) is 9.80 Å². The molecule has 3 heterocycles.